The summed E-state index contributed by atoms with van der Waals surface area (Å²) >= 11 is 0. The molecule has 5 nitrogen and oxygen atoms in total. The van der Waals surface area contributed by atoms with Crippen LogP contribution in [0, 0.1) is 0 Å². The van der Waals surface area contributed by atoms with E-state index in [0.717, 1.165) is 5.52 Å². The van der Waals surface area contributed by atoms with Crippen LogP contribution in [0.3, 0.4) is 0 Å². The average Bonchev–Trinajstić information content (AvgIpc) is 2.66. The van der Waals surface area contributed by atoms with E-state index in [1.54, 1.807) is 18.3 Å². The Morgan fingerprint density at radius 2 is 1.83 bits per heavy atom. The van der Waals surface area contributed by atoms with Crippen LogP contribution in [0.5, 0.6) is 11.5 Å². The molecule has 0 fully saturated rings. The van der Waals surface area contributed by atoms with Crippen LogP contribution in [0.4, 0.5) is 0 Å². The van der Waals surface area contributed by atoms with Crippen molar-refractivity contribution in [1.29, 1.82) is 0 Å². The predicted molar refractivity (Wildman–Crippen MR) is 67.3 cm³/mol. The molecule has 0 saturated carbocycles. The van der Waals surface area contributed by atoms with Crippen molar-refractivity contribution in [3.05, 3.63) is 36.5 Å². The Labute approximate surface area is 103 Å². The minimum absolute atomic E-state index is 0.00464. The van der Waals surface area contributed by atoms with Crippen molar-refractivity contribution < 1.29 is 10.2 Å². The normalized spacial score (nSPS) is 10.9. The Hall–Kier alpha value is -2.56. The van der Waals surface area contributed by atoms with Gasteiger partial charge in [-0.05, 0) is 24.3 Å². The van der Waals surface area contributed by atoms with Crippen LogP contribution in [-0.2, 0) is 7.05 Å². The van der Waals surface area contributed by atoms with Gasteiger partial charge in [0.05, 0.1) is 5.52 Å². The molecule has 0 radical (unpaired) electrons. The fourth-order valence-electron chi connectivity index (χ4n) is 2.01. The average molecular weight is 241 g/mol. The number of phenolic OH excluding ortho intramolecular Hbond substituents is 2. The van der Waals surface area contributed by atoms with Gasteiger partial charge in [-0.25, -0.2) is 9.97 Å². The lowest BCUT2D eigenvalue weighted by Crippen LogP contribution is -1.92. The Morgan fingerprint density at radius 1 is 1.11 bits per heavy atom. The Bertz CT molecular complexity index is 714. The van der Waals surface area contributed by atoms with Gasteiger partial charge in [-0.1, -0.05) is 0 Å². The summed E-state index contributed by atoms with van der Waals surface area (Å²) in [6, 6.07) is 8.15. The summed E-state index contributed by atoms with van der Waals surface area (Å²) < 4.78 is 1.87. The number of hydrogen-bond donors (Lipinski definition) is 2. The van der Waals surface area contributed by atoms with E-state index in [1.165, 1.54) is 6.07 Å². The van der Waals surface area contributed by atoms with Gasteiger partial charge in [-0.15, -0.1) is 0 Å². The molecule has 0 atom stereocenters. The highest BCUT2D eigenvalue weighted by Gasteiger charge is 2.11. The summed E-state index contributed by atoms with van der Waals surface area (Å²) in [5.41, 5.74) is 2.18. The Morgan fingerprint density at radius 3 is 2.50 bits per heavy atom. The van der Waals surface area contributed by atoms with E-state index in [0.29, 0.717) is 17.0 Å². The largest absolute Gasteiger partial charge is 0.508 e. The van der Waals surface area contributed by atoms with Gasteiger partial charge in [-0.3, -0.25) is 0 Å². The smallest absolute Gasteiger partial charge is 0.178 e. The van der Waals surface area contributed by atoms with E-state index < -0.39 is 0 Å². The molecule has 18 heavy (non-hydrogen) atoms. The first-order chi connectivity index (χ1) is 8.65. The van der Waals surface area contributed by atoms with Crippen LogP contribution in [0.1, 0.15) is 0 Å². The predicted octanol–water partition coefficient (Wildman–Crippen LogP) is 2.05. The number of phenols is 2. The third-order valence-electron chi connectivity index (χ3n) is 2.82. The van der Waals surface area contributed by atoms with Gasteiger partial charge in [0.1, 0.15) is 17.3 Å². The van der Waals surface area contributed by atoms with E-state index in [2.05, 4.69) is 9.97 Å². The first-order valence-corrected chi connectivity index (χ1v) is 5.46. The number of aromatic nitrogens is 3. The van der Waals surface area contributed by atoms with E-state index in [4.69, 9.17) is 0 Å². The van der Waals surface area contributed by atoms with Crippen molar-refractivity contribution in [2.75, 3.05) is 0 Å². The molecule has 0 aliphatic heterocycles. The van der Waals surface area contributed by atoms with E-state index in [1.807, 2.05) is 23.7 Å². The highest BCUT2D eigenvalue weighted by molar-refractivity contribution is 5.77. The Balaban J connectivity index is 2.28. The number of nitrogens with zero attached hydrogens (tertiary/aromatic N) is 3. The molecule has 2 N–H and O–H groups in total. The maximum absolute atomic E-state index is 9.51. The van der Waals surface area contributed by atoms with Gasteiger partial charge < -0.3 is 14.8 Å². The number of imidazole rings is 1. The van der Waals surface area contributed by atoms with Crippen molar-refractivity contribution in [3.8, 4) is 22.9 Å². The van der Waals surface area contributed by atoms with Gasteiger partial charge in [-0.2, -0.15) is 0 Å². The lowest BCUT2D eigenvalue weighted by molar-refractivity contribution is 0.451. The summed E-state index contributed by atoms with van der Waals surface area (Å²) in [4.78, 5) is 8.57. The molecule has 2 aromatic heterocycles. The Kier molecular flexibility index (Phi) is 2.19. The zero-order chi connectivity index (χ0) is 12.7. The molecule has 3 rings (SSSR count). The molecule has 0 spiro atoms. The second kappa shape index (κ2) is 3.73. The van der Waals surface area contributed by atoms with Gasteiger partial charge >= 0.3 is 0 Å². The van der Waals surface area contributed by atoms with E-state index in [9.17, 15) is 10.2 Å². The topological polar surface area (TPSA) is 71.2 Å². The second-order valence-electron chi connectivity index (χ2n) is 4.08. The summed E-state index contributed by atoms with van der Waals surface area (Å²) in [5, 5.41) is 19.0. The molecular weight excluding hydrogens is 230 g/mol. The third kappa shape index (κ3) is 1.57. The van der Waals surface area contributed by atoms with Gasteiger partial charge in [0.15, 0.2) is 5.65 Å². The molecule has 0 aliphatic carbocycles. The maximum Gasteiger partial charge on any atom is 0.178 e. The second-order valence-corrected chi connectivity index (χ2v) is 4.08. The number of aromatic hydroxyl groups is 2. The molecule has 0 bridgehead atoms. The summed E-state index contributed by atoms with van der Waals surface area (Å²) in [6.45, 7) is 0. The van der Waals surface area contributed by atoms with Gasteiger partial charge in [0, 0.05) is 24.9 Å². The van der Waals surface area contributed by atoms with Crippen molar-refractivity contribution in [2.45, 2.75) is 0 Å². The number of pyridine rings is 1. The van der Waals surface area contributed by atoms with Crippen LogP contribution in [0.15, 0.2) is 36.5 Å². The molecule has 2 heterocycles. The fourth-order valence-corrected chi connectivity index (χ4v) is 2.01. The van der Waals surface area contributed by atoms with E-state index >= 15 is 0 Å². The highest BCUT2D eigenvalue weighted by Crippen LogP contribution is 2.29. The lowest BCUT2D eigenvalue weighted by Gasteiger charge is -2.03. The summed E-state index contributed by atoms with van der Waals surface area (Å²) in [5.74, 6) is 0.657. The number of benzene rings is 1. The highest BCUT2D eigenvalue weighted by atomic mass is 16.3. The van der Waals surface area contributed by atoms with Crippen LogP contribution in [0.2, 0.25) is 0 Å². The molecule has 0 unspecified atom stereocenters. The minimum atomic E-state index is 0.00464. The molecule has 0 saturated heterocycles. The monoisotopic (exact) mass is 241 g/mol. The summed E-state index contributed by atoms with van der Waals surface area (Å²) in [7, 11) is 1.87. The third-order valence-corrected chi connectivity index (χ3v) is 2.82. The molecule has 90 valence electrons. The number of aryl methyl sites for hydroxylation is 1. The van der Waals surface area contributed by atoms with Crippen molar-refractivity contribution in [2.24, 2.45) is 7.05 Å². The SMILES string of the molecule is Cn1c(-c2cc(O)cc(O)c2)nc2ncccc21. The fraction of sp³-hybridized carbons (Fsp3) is 0.0769. The molecular formula is C13H11N3O2. The molecule has 0 aliphatic rings. The van der Waals surface area contributed by atoms with E-state index in [-0.39, 0.29) is 11.5 Å². The van der Waals surface area contributed by atoms with Crippen molar-refractivity contribution >= 4 is 11.2 Å². The van der Waals surface area contributed by atoms with Crippen LogP contribution in [-0.4, -0.2) is 24.7 Å². The first kappa shape index (κ1) is 10.6. The number of rotatable bonds is 1. The minimum Gasteiger partial charge on any atom is -0.508 e. The van der Waals surface area contributed by atoms with Gasteiger partial charge in [0.2, 0.25) is 0 Å². The lowest BCUT2D eigenvalue weighted by atomic mass is 10.2. The standard InChI is InChI=1S/C13H11N3O2/c1-16-11-3-2-4-14-12(11)15-13(16)8-5-9(17)7-10(18)6-8/h2-7,17-18H,1H3. The van der Waals surface area contributed by atoms with Crippen molar-refractivity contribution in [1.82, 2.24) is 14.5 Å². The molecule has 3 aromatic rings. The van der Waals surface area contributed by atoms with Crippen LogP contribution in [0.25, 0.3) is 22.6 Å². The summed E-state index contributed by atoms with van der Waals surface area (Å²) in [6.07, 6.45) is 1.68. The molecule has 5 heteroatoms. The van der Waals surface area contributed by atoms with Crippen LogP contribution >= 0.6 is 0 Å². The zero-order valence-corrected chi connectivity index (χ0v) is 9.70. The van der Waals surface area contributed by atoms with Gasteiger partial charge in [0.25, 0.3) is 0 Å². The number of fused-ring (bicyclic) bond motifs is 1. The van der Waals surface area contributed by atoms with Crippen molar-refractivity contribution in [3.63, 3.8) is 0 Å². The molecule has 0 amide bonds. The number of hydrogen-bond acceptors (Lipinski definition) is 4. The molecule has 1 aromatic carbocycles. The zero-order valence-electron chi connectivity index (χ0n) is 9.70. The quantitative estimate of drug-likeness (QED) is 0.684. The maximum atomic E-state index is 9.51. The van der Waals surface area contributed by atoms with Crippen LogP contribution < -0.4 is 0 Å². The first-order valence-electron chi connectivity index (χ1n) is 5.46.